The van der Waals surface area contributed by atoms with Gasteiger partial charge in [-0.1, -0.05) is 18.6 Å². The third-order valence-corrected chi connectivity index (χ3v) is 3.85. The summed E-state index contributed by atoms with van der Waals surface area (Å²) < 4.78 is 0. The highest BCUT2D eigenvalue weighted by Crippen LogP contribution is 2.11. The van der Waals surface area contributed by atoms with Crippen LogP contribution in [0.5, 0.6) is 0 Å². The van der Waals surface area contributed by atoms with Crippen LogP contribution in [0.2, 0.25) is 0 Å². The zero-order valence-electron chi connectivity index (χ0n) is 12.7. The van der Waals surface area contributed by atoms with Gasteiger partial charge in [0.05, 0.1) is 11.6 Å². The molecule has 1 N–H and O–H groups in total. The number of nitrogens with one attached hydrogen (secondary N) is 1. The number of rotatable bonds is 5. The second-order valence-electron chi connectivity index (χ2n) is 5.53. The van der Waals surface area contributed by atoms with Crippen molar-refractivity contribution in [3.8, 4) is 6.07 Å². The molecule has 1 heterocycles. The van der Waals surface area contributed by atoms with Gasteiger partial charge in [-0.05, 0) is 30.5 Å². The lowest BCUT2D eigenvalue weighted by molar-refractivity contribution is -0.131. The Morgan fingerprint density at radius 3 is 2.73 bits per heavy atom. The first-order chi connectivity index (χ1) is 10.7. The average Bonchev–Trinajstić information content (AvgIpc) is 2.75. The number of carbonyl (C=O) groups excluding carboxylic acids is 2. The topological polar surface area (TPSA) is 73.2 Å². The first kappa shape index (κ1) is 16.0. The van der Waals surface area contributed by atoms with Crippen LogP contribution in [0.25, 0.3) is 0 Å². The van der Waals surface area contributed by atoms with E-state index < -0.39 is 0 Å². The van der Waals surface area contributed by atoms with Gasteiger partial charge in [-0.25, -0.2) is 0 Å². The molecule has 0 radical (unpaired) electrons. The molecule has 1 saturated heterocycles. The van der Waals surface area contributed by atoms with Crippen molar-refractivity contribution in [2.24, 2.45) is 0 Å². The van der Waals surface area contributed by atoms with Gasteiger partial charge in [0.2, 0.25) is 11.8 Å². The Labute approximate surface area is 130 Å². The maximum Gasteiger partial charge on any atom is 0.222 e. The van der Waals surface area contributed by atoms with Crippen LogP contribution in [0.1, 0.15) is 43.2 Å². The molecule has 1 fully saturated rings. The minimum Gasteiger partial charge on any atom is -0.352 e. The Morgan fingerprint density at radius 1 is 1.23 bits per heavy atom. The second-order valence-corrected chi connectivity index (χ2v) is 5.53. The molecule has 0 saturated carbocycles. The molecule has 0 atom stereocenters. The number of amides is 2. The standard InChI is InChI=1S/C17H21N3O2/c18-12-14-5-7-15(8-6-14)13-19-16(21)9-11-20-10-3-1-2-4-17(20)22/h5-8H,1-4,9-11,13H2,(H,19,21). The highest BCUT2D eigenvalue weighted by molar-refractivity contribution is 5.79. The summed E-state index contributed by atoms with van der Waals surface area (Å²) in [7, 11) is 0. The Morgan fingerprint density at radius 2 is 2.00 bits per heavy atom. The third kappa shape index (κ3) is 4.88. The quantitative estimate of drug-likeness (QED) is 0.903. The molecular formula is C17H21N3O2. The number of nitriles is 1. The van der Waals surface area contributed by atoms with Gasteiger partial charge in [-0.15, -0.1) is 0 Å². The van der Waals surface area contributed by atoms with E-state index in [1.165, 1.54) is 0 Å². The summed E-state index contributed by atoms with van der Waals surface area (Å²) in [5.41, 5.74) is 1.56. The van der Waals surface area contributed by atoms with Gasteiger partial charge in [0.1, 0.15) is 0 Å². The van der Waals surface area contributed by atoms with E-state index in [9.17, 15) is 9.59 Å². The van der Waals surface area contributed by atoms with Gasteiger partial charge in [0.15, 0.2) is 0 Å². The minimum absolute atomic E-state index is 0.0543. The molecule has 1 aromatic rings. The first-order valence-electron chi connectivity index (χ1n) is 7.72. The number of nitrogens with zero attached hydrogens (tertiary/aromatic N) is 2. The SMILES string of the molecule is N#Cc1ccc(CNC(=O)CCN2CCCCCC2=O)cc1. The number of benzene rings is 1. The van der Waals surface area contributed by atoms with Gasteiger partial charge in [0.25, 0.3) is 0 Å². The van der Waals surface area contributed by atoms with E-state index in [1.54, 1.807) is 17.0 Å². The van der Waals surface area contributed by atoms with Crippen LogP contribution in [-0.4, -0.2) is 29.8 Å². The van der Waals surface area contributed by atoms with Gasteiger partial charge < -0.3 is 10.2 Å². The molecular weight excluding hydrogens is 278 g/mol. The fraction of sp³-hybridized carbons (Fsp3) is 0.471. The summed E-state index contributed by atoms with van der Waals surface area (Å²) in [5, 5.41) is 11.6. The Balaban J connectivity index is 1.73. The molecule has 0 spiro atoms. The zero-order chi connectivity index (χ0) is 15.8. The fourth-order valence-electron chi connectivity index (χ4n) is 2.50. The van der Waals surface area contributed by atoms with Crippen molar-refractivity contribution >= 4 is 11.8 Å². The maximum atomic E-state index is 11.9. The van der Waals surface area contributed by atoms with Crippen LogP contribution in [-0.2, 0) is 16.1 Å². The largest absolute Gasteiger partial charge is 0.352 e. The molecule has 0 bridgehead atoms. The van der Waals surface area contributed by atoms with Crippen LogP contribution in [0.4, 0.5) is 0 Å². The summed E-state index contributed by atoms with van der Waals surface area (Å²) >= 11 is 0. The summed E-state index contributed by atoms with van der Waals surface area (Å²) in [4.78, 5) is 25.5. The summed E-state index contributed by atoms with van der Waals surface area (Å²) in [6, 6.07) is 9.19. The van der Waals surface area contributed by atoms with Crippen molar-refractivity contribution in [2.75, 3.05) is 13.1 Å². The van der Waals surface area contributed by atoms with E-state index in [2.05, 4.69) is 11.4 Å². The molecule has 5 nitrogen and oxygen atoms in total. The molecule has 116 valence electrons. The average molecular weight is 299 g/mol. The van der Waals surface area contributed by atoms with Crippen LogP contribution in [0.3, 0.4) is 0 Å². The van der Waals surface area contributed by atoms with Crippen molar-refractivity contribution in [3.63, 3.8) is 0 Å². The zero-order valence-corrected chi connectivity index (χ0v) is 12.7. The smallest absolute Gasteiger partial charge is 0.222 e. The van der Waals surface area contributed by atoms with Gasteiger partial charge in [-0.2, -0.15) is 5.26 Å². The van der Waals surface area contributed by atoms with Gasteiger partial charge in [-0.3, -0.25) is 9.59 Å². The Hall–Kier alpha value is -2.35. The molecule has 0 unspecified atom stereocenters. The van der Waals surface area contributed by atoms with Gasteiger partial charge in [0, 0.05) is 32.5 Å². The van der Waals surface area contributed by atoms with Crippen molar-refractivity contribution < 1.29 is 9.59 Å². The van der Waals surface area contributed by atoms with Crippen molar-refractivity contribution in [2.45, 2.75) is 38.6 Å². The molecule has 1 aromatic carbocycles. The number of likely N-dealkylation sites (tertiary alicyclic amines) is 1. The summed E-state index contributed by atoms with van der Waals surface area (Å²) in [6.45, 7) is 1.71. The lowest BCUT2D eigenvalue weighted by Gasteiger charge is -2.20. The Bertz CT molecular complexity index is 560. The van der Waals surface area contributed by atoms with Crippen molar-refractivity contribution in [1.82, 2.24) is 10.2 Å². The molecule has 22 heavy (non-hydrogen) atoms. The predicted molar refractivity (Wildman–Crippen MR) is 82.7 cm³/mol. The molecule has 0 aromatic heterocycles. The van der Waals surface area contributed by atoms with E-state index >= 15 is 0 Å². The predicted octanol–water partition coefficient (Wildman–Crippen LogP) is 1.97. The Kier molecular flexibility index (Phi) is 5.96. The van der Waals surface area contributed by atoms with E-state index in [-0.39, 0.29) is 11.8 Å². The second kappa shape index (κ2) is 8.18. The van der Waals surface area contributed by atoms with Crippen LogP contribution in [0, 0.1) is 11.3 Å². The summed E-state index contributed by atoms with van der Waals surface area (Å²) in [5.74, 6) is 0.110. The highest BCUT2D eigenvalue weighted by Gasteiger charge is 2.17. The number of hydrogen-bond donors (Lipinski definition) is 1. The molecule has 1 aliphatic rings. The van der Waals surface area contributed by atoms with Crippen molar-refractivity contribution in [1.29, 1.82) is 5.26 Å². The van der Waals surface area contributed by atoms with Crippen LogP contribution in [0.15, 0.2) is 24.3 Å². The minimum atomic E-state index is -0.0543. The van der Waals surface area contributed by atoms with Crippen LogP contribution < -0.4 is 5.32 Å². The lowest BCUT2D eigenvalue weighted by Crippen LogP contribution is -2.34. The molecule has 5 heteroatoms. The summed E-state index contributed by atoms with van der Waals surface area (Å²) in [6.07, 6.45) is 4.01. The van der Waals surface area contributed by atoms with Gasteiger partial charge >= 0.3 is 0 Å². The monoisotopic (exact) mass is 299 g/mol. The normalized spacial score (nSPS) is 15.0. The van der Waals surface area contributed by atoms with E-state index in [4.69, 9.17) is 5.26 Å². The van der Waals surface area contributed by atoms with Crippen molar-refractivity contribution in [3.05, 3.63) is 35.4 Å². The number of carbonyl (C=O) groups is 2. The fourth-order valence-corrected chi connectivity index (χ4v) is 2.50. The maximum absolute atomic E-state index is 11.9. The molecule has 0 aliphatic carbocycles. The molecule has 1 aliphatic heterocycles. The lowest BCUT2D eigenvalue weighted by atomic mass is 10.1. The molecule has 2 rings (SSSR count). The third-order valence-electron chi connectivity index (χ3n) is 3.85. The number of hydrogen-bond acceptors (Lipinski definition) is 3. The van der Waals surface area contributed by atoms with Crippen LogP contribution >= 0.6 is 0 Å². The first-order valence-corrected chi connectivity index (χ1v) is 7.72. The van der Waals surface area contributed by atoms with E-state index in [1.807, 2.05) is 12.1 Å². The van der Waals surface area contributed by atoms with E-state index in [0.717, 1.165) is 31.4 Å². The molecule has 2 amide bonds. The highest BCUT2D eigenvalue weighted by atomic mass is 16.2. The van der Waals surface area contributed by atoms with E-state index in [0.29, 0.717) is 31.5 Å².